The summed E-state index contributed by atoms with van der Waals surface area (Å²) in [4.78, 5) is 5.44. The zero-order valence-electron chi connectivity index (χ0n) is 33.2. The lowest BCUT2D eigenvalue weighted by Gasteiger charge is -2.19. The molecule has 0 spiro atoms. The Morgan fingerprint density at radius 2 is 1.20 bits per heavy atom. The first kappa shape index (κ1) is 35.5. The minimum atomic E-state index is 0.344. The molecule has 2 aliphatic rings. The predicted molar refractivity (Wildman–Crippen MR) is 257 cm³/mol. The molecule has 2 heteroatoms. The predicted octanol–water partition coefficient (Wildman–Crippen LogP) is 16.3. The van der Waals surface area contributed by atoms with Crippen molar-refractivity contribution < 1.29 is 0 Å². The van der Waals surface area contributed by atoms with Gasteiger partial charge in [-0.15, -0.1) is 11.3 Å². The summed E-state index contributed by atoms with van der Waals surface area (Å²) in [7, 11) is 0. The average molecular weight is 774 g/mol. The summed E-state index contributed by atoms with van der Waals surface area (Å²) < 4.78 is 2.67. The molecule has 0 saturated heterocycles. The van der Waals surface area contributed by atoms with E-state index in [-0.39, 0.29) is 0 Å². The summed E-state index contributed by atoms with van der Waals surface area (Å²) in [5.74, 6) is 0.344. The van der Waals surface area contributed by atoms with Crippen molar-refractivity contribution in [3.63, 3.8) is 0 Å². The van der Waals surface area contributed by atoms with Gasteiger partial charge in [0, 0.05) is 25.7 Å². The highest BCUT2D eigenvalue weighted by Crippen LogP contribution is 2.43. The molecule has 8 aromatic carbocycles. The fourth-order valence-electron chi connectivity index (χ4n) is 9.46. The summed E-state index contributed by atoms with van der Waals surface area (Å²) >= 11 is 1.87. The smallest absolute Gasteiger partial charge is 0.0712 e. The lowest BCUT2D eigenvalue weighted by atomic mass is 9.85. The van der Waals surface area contributed by atoms with Crippen LogP contribution in [0.1, 0.15) is 43.7 Å². The highest BCUT2D eigenvalue weighted by atomic mass is 32.1. The molecule has 59 heavy (non-hydrogen) atoms. The molecule has 0 amide bonds. The van der Waals surface area contributed by atoms with E-state index < -0.39 is 0 Å². The number of nitrogens with zero attached hydrogens (tertiary/aromatic N) is 1. The van der Waals surface area contributed by atoms with Gasteiger partial charge in [-0.25, -0.2) is 4.99 Å². The number of hydrogen-bond acceptors (Lipinski definition) is 2. The maximum atomic E-state index is 5.44. The average Bonchev–Trinajstić information content (AvgIpc) is 3.71. The maximum absolute atomic E-state index is 5.44. The van der Waals surface area contributed by atoms with E-state index in [1.165, 1.54) is 91.5 Å². The van der Waals surface area contributed by atoms with E-state index in [0.717, 1.165) is 42.7 Å². The second-order valence-electron chi connectivity index (χ2n) is 16.1. The molecule has 0 fully saturated rings. The Morgan fingerprint density at radius 1 is 0.525 bits per heavy atom. The number of rotatable bonds is 5. The van der Waals surface area contributed by atoms with Gasteiger partial charge in [-0.3, -0.25) is 0 Å². The van der Waals surface area contributed by atoms with Crippen molar-refractivity contribution in [2.75, 3.05) is 0 Å². The van der Waals surface area contributed by atoms with Crippen LogP contribution in [0.5, 0.6) is 0 Å². The quantitative estimate of drug-likeness (QED) is 0.155. The number of aliphatic imine (C=N–C) groups is 1. The van der Waals surface area contributed by atoms with Crippen LogP contribution < -0.4 is 0 Å². The minimum absolute atomic E-state index is 0.344. The molecule has 0 N–H and O–H groups in total. The number of thiophene rings is 1. The highest BCUT2D eigenvalue weighted by molar-refractivity contribution is 7.25. The largest absolute Gasteiger partial charge is 0.248 e. The number of allylic oxidation sites excluding steroid dienone is 7. The molecule has 1 atom stereocenters. The first-order valence-corrected chi connectivity index (χ1v) is 21.8. The SMILES string of the molecule is C[C@@H]1CC/C=C(\C2=CC=CCC2)N=C(c2ccccc2)C=C1c1cccc(-c2cccc3c4ccccc4c4cc(-c5ccc6sc7ccccc7c6c5)ccc4c23)c1. The number of benzene rings is 8. The zero-order valence-corrected chi connectivity index (χ0v) is 34.0. The van der Waals surface area contributed by atoms with Crippen molar-refractivity contribution in [1.82, 2.24) is 0 Å². The Morgan fingerprint density at radius 3 is 2.05 bits per heavy atom. The molecule has 9 aromatic rings. The zero-order chi connectivity index (χ0) is 39.3. The fourth-order valence-corrected chi connectivity index (χ4v) is 10.5. The van der Waals surface area contributed by atoms with E-state index in [2.05, 4.69) is 195 Å². The second kappa shape index (κ2) is 15.0. The Kier molecular flexibility index (Phi) is 9.01. The van der Waals surface area contributed by atoms with Crippen LogP contribution in [-0.4, -0.2) is 5.71 Å². The van der Waals surface area contributed by atoms with Crippen molar-refractivity contribution in [3.05, 3.63) is 211 Å². The van der Waals surface area contributed by atoms with Crippen LogP contribution in [0.25, 0.3) is 80.3 Å². The molecule has 1 aliphatic carbocycles. The van der Waals surface area contributed by atoms with Crippen LogP contribution in [0.15, 0.2) is 204 Å². The molecule has 11 rings (SSSR count). The summed E-state index contributed by atoms with van der Waals surface area (Å²) in [5, 5.41) is 10.4. The Labute approximate surface area is 349 Å². The Bertz CT molecular complexity index is 3280. The third-order valence-corrected chi connectivity index (χ3v) is 13.6. The van der Waals surface area contributed by atoms with E-state index in [1.807, 2.05) is 11.3 Å². The first-order chi connectivity index (χ1) is 29.2. The second-order valence-corrected chi connectivity index (χ2v) is 17.2. The number of hydrogen-bond donors (Lipinski definition) is 0. The molecule has 1 aliphatic heterocycles. The molecule has 1 nitrogen and oxygen atoms in total. The minimum Gasteiger partial charge on any atom is -0.248 e. The maximum Gasteiger partial charge on any atom is 0.0712 e. The third kappa shape index (κ3) is 6.45. The van der Waals surface area contributed by atoms with Crippen LogP contribution in [0.2, 0.25) is 0 Å². The highest BCUT2D eigenvalue weighted by Gasteiger charge is 2.19. The van der Waals surface area contributed by atoms with Crippen LogP contribution in [0, 0.1) is 5.92 Å². The molecule has 0 radical (unpaired) electrons. The van der Waals surface area contributed by atoms with E-state index in [0.29, 0.717) is 5.92 Å². The van der Waals surface area contributed by atoms with Gasteiger partial charge in [-0.2, -0.15) is 0 Å². The van der Waals surface area contributed by atoms with Crippen molar-refractivity contribution in [1.29, 1.82) is 0 Å². The van der Waals surface area contributed by atoms with E-state index in [9.17, 15) is 0 Å². The monoisotopic (exact) mass is 773 g/mol. The van der Waals surface area contributed by atoms with Gasteiger partial charge in [0.2, 0.25) is 0 Å². The van der Waals surface area contributed by atoms with Crippen molar-refractivity contribution >= 4 is 75.1 Å². The summed E-state index contributed by atoms with van der Waals surface area (Å²) in [6.07, 6.45) is 15.6. The lowest BCUT2D eigenvalue weighted by Crippen LogP contribution is -2.04. The lowest BCUT2D eigenvalue weighted by molar-refractivity contribution is 0.674. The first-order valence-electron chi connectivity index (χ1n) is 21.0. The molecule has 2 heterocycles. The molecular formula is C57H43NS. The van der Waals surface area contributed by atoms with Gasteiger partial charge in [0.05, 0.1) is 11.4 Å². The summed E-state index contributed by atoms with van der Waals surface area (Å²) in [6.45, 7) is 2.39. The van der Waals surface area contributed by atoms with Crippen LogP contribution in [0.3, 0.4) is 0 Å². The fraction of sp³-hybridized carbons (Fsp3) is 0.105. The van der Waals surface area contributed by atoms with E-state index in [4.69, 9.17) is 4.99 Å². The molecule has 0 saturated carbocycles. The molecule has 282 valence electrons. The molecular weight excluding hydrogens is 731 g/mol. The van der Waals surface area contributed by atoms with Crippen LogP contribution in [-0.2, 0) is 0 Å². The van der Waals surface area contributed by atoms with Crippen LogP contribution >= 0.6 is 11.3 Å². The standard InChI is InChI=1S/C57H43NS/c1-37-15-12-27-53(38-16-4-2-5-17-38)58-54(39-18-6-3-7-19-39)36-50(37)43-21-13-20-42(33-43)44-25-14-26-48-45-22-8-9-23-46(45)51-34-40(29-31-49(51)57(44)48)41-30-32-56-52(35-41)47-24-10-11-28-55(47)59-56/h2-4,6-11,13-14,16,18-37H,5,12,15,17H2,1H3/b50-36?,53-27+,58-54?/t37-/m1/s1. The van der Waals surface area contributed by atoms with Gasteiger partial charge < -0.3 is 0 Å². The molecule has 0 bridgehead atoms. The molecule has 0 unspecified atom stereocenters. The van der Waals surface area contributed by atoms with Crippen molar-refractivity contribution in [3.8, 4) is 22.3 Å². The van der Waals surface area contributed by atoms with E-state index in [1.54, 1.807) is 0 Å². The van der Waals surface area contributed by atoms with Gasteiger partial charge in [0.25, 0.3) is 0 Å². The van der Waals surface area contributed by atoms with Crippen LogP contribution in [0.4, 0.5) is 0 Å². The van der Waals surface area contributed by atoms with Gasteiger partial charge in [-0.1, -0.05) is 159 Å². The third-order valence-electron chi connectivity index (χ3n) is 12.5. The van der Waals surface area contributed by atoms with Gasteiger partial charge >= 0.3 is 0 Å². The van der Waals surface area contributed by atoms with Gasteiger partial charge in [0.15, 0.2) is 0 Å². The van der Waals surface area contributed by atoms with Crippen molar-refractivity contribution in [2.45, 2.75) is 32.6 Å². The summed E-state index contributed by atoms with van der Waals surface area (Å²) in [5.41, 5.74) is 12.2. The Hall–Kier alpha value is -6.61. The molecule has 1 aromatic heterocycles. The normalized spacial score (nSPS) is 17.0. The van der Waals surface area contributed by atoms with Gasteiger partial charge in [-0.05, 0) is 139 Å². The van der Waals surface area contributed by atoms with Crippen molar-refractivity contribution in [2.24, 2.45) is 10.9 Å². The van der Waals surface area contributed by atoms with Gasteiger partial charge in [0.1, 0.15) is 0 Å². The topological polar surface area (TPSA) is 12.4 Å². The number of fused-ring (bicyclic) bond motifs is 9. The summed E-state index contributed by atoms with van der Waals surface area (Å²) in [6, 6.07) is 58.7. The van der Waals surface area contributed by atoms with E-state index >= 15 is 0 Å². The Balaban J connectivity index is 1.07.